The fourth-order valence-corrected chi connectivity index (χ4v) is 7.20. The third-order valence-electron chi connectivity index (χ3n) is 8.08. The van der Waals surface area contributed by atoms with Crippen LogP contribution in [0.25, 0.3) is 0 Å². The Balaban J connectivity index is 1.33. The minimum absolute atomic E-state index is 0.0251. The van der Waals surface area contributed by atoms with Gasteiger partial charge in [0.1, 0.15) is 5.75 Å². The van der Waals surface area contributed by atoms with Crippen LogP contribution in [-0.2, 0) is 30.8 Å². The van der Waals surface area contributed by atoms with E-state index >= 15 is 0 Å². The zero-order chi connectivity index (χ0) is 27.0. The van der Waals surface area contributed by atoms with Gasteiger partial charge in [-0.3, -0.25) is 10.1 Å². The quantitative estimate of drug-likeness (QED) is 0.272. The number of rotatable bonds is 10. The third kappa shape index (κ3) is 5.08. The number of nitrogens with one attached hydrogen (secondary N) is 1. The zero-order valence-corrected chi connectivity index (χ0v) is 22.1. The Morgan fingerprint density at radius 3 is 2.42 bits per heavy atom. The topological polar surface area (TPSA) is 126 Å². The molecule has 3 atom stereocenters. The van der Waals surface area contributed by atoms with Gasteiger partial charge in [-0.15, -0.1) is 0 Å². The van der Waals surface area contributed by atoms with Crippen molar-refractivity contribution in [3.8, 4) is 5.75 Å². The maximum absolute atomic E-state index is 13.1. The average molecular weight is 545 g/mol. The molecule has 1 spiro atoms. The van der Waals surface area contributed by atoms with Crippen LogP contribution in [0.4, 0.5) is 5.69 Å². The van der Waals surface area contributed by atoms with Crippen molar-refractivity contribution in [3.05, 3.63) is 76.4 Å². The lowest BCUT2D eigenvalue weighted by molar-refractivity contribution is -0.384. The Bertz CT molecular complexity index is 1290. The van der Waals surface area contributed by atoms with Gasteiger partial charge in [0.25, 0.3) is 5.69 Å². The Kier molecular flexibility index (Phi) is 7.31. The minimum Gasteiger partial charge on any atom is -0.497 e. The van der Waals surface area contributed by atoms with Crippen LogP contribution in [0.5, 0.6) is 5.75 Å². The highest BCUT2D eigenvalue weighted by Gasteiger charge is 2.62. The van der Waals surface area contributed by atoms with E-state index in [1.165, 1.54) is 24.3 Å². The Morgan fingerprint density at radius 2 is 1.79 bits per heavy atom. The summed E-state index contributed by atoms with van der Waals surface area (Å²) in [6.07, 6.45) is 1.95. The van der Waals surface area contributed by atoms with Gasteiger partial charge >= 0.3 is 0 Å². The molecule has 0 aromatic heterocycles. The largest absolute Gasteiger partial charge is 0.497 e. The summed E-state index contributed by atoms with van der Waals surface area (Å²) in [7, 11) is -2.27. The van der Waals surface area contributed by atoms with Crippen LogP contribution in [0.2, 0.25) is 0 Å². The highest BCUT2D eigenvalue weighted by molar-refractivity contribution is 7.89. The van der Waals surface area contributed by atoms with Crippen molar-refractivity contribution >= 4 is 15.7 Å². The van der Waals surface area contributed by atoms with E-state index in [4.69, 9.17) is 18.9 Å². The van der Waals surface area contributed by atoms with Gasteiger partial charge in [-0.05, 0) is 48.6 Å². The second-order valence-electron chi connectivity index (χ2n) is 10.3. The molecule has 204 valence electrons. The van der Waals surface area contributed by atoms with Gasteiger partial charge in [-0.1, -0.05) is 24.3 Å². The monoisotopic (exact) mass is 544 g/mol. The molecule has 0 amide bonds. The number of nitro groups is 1. The molecular weight excluding hydrogens is 512 g/mol. The van der Waals surface area contributed by atoms with Crippen molar-refractivity contribution in [2.24, 2.45) is 17.3 Å². The summed E-state index contributed by atoms with van der Waals surface area (Å²) in [6.45, 7) is 6.33. The number of hydrogen-bond donors (Lipinski definition) is 1. The van der Waals surface area contributed by atoms with Gasteiger partial charge in [0, 0.05) is 36.4 Å². The predicted octanol–water partition coefficient (Wildman–Crippen LogP) is 3.81. The molecule has 5 rings (SSSR count). The first kappa shape index (κ1) is 26.8. The number of benzene rings is 2. The molecule has 10 nitrogen and oxygen atoms in total. The Labute approximate surface area is 222 Å². The average Bonchev–Trinajstić information content (AvgIpc) is 3.50. The summed E-state index contributed by atoms with van der Waals surface area (Å²) >= 11 is 0. The minimum atomic E-state index is -3.89. The van der Waals surface area contributed by atoms with Crippen molar-refractivity contribution in [1.82, 2.24) is 4.72 Å². The second-order valence-corrected chi connectivity index (χ2v) is 12.1. The van der Waals surface area contributed by atoms with E-state index in [2.05, 4.69) is 11.3 Å². The van der Waals surface area contributed by atoms with E-state index in [1.54, 1.807) is 7.11 Å². The van der Waals surface area contributed by atoms with Crippen molar-refractivity contribution < 1.29 is 32.3 Å². The summed E-state index contributed by atoms with van der Waals surface area (Å²) in [6, 6.07) is 12.5. The molecule has 2 saturated carbocycles. The van der Waals surface area contributed by atoms with Gasteiger partial charge in [0.05, 0.1) is 43.4 Å². The van der Waals surface area contributed by atoms with Crippen LogP contribution < -0.4 is 9.46 Å². The molecule has 3 unspecified atom stereocenters. The van der Waals surface area contributed by atoms with Gasteiger partial charge in [0.15, 0.2) is 5.79 Å². The van der Waals surface area contributed by atoms with E-state index in [1.807, 2.05) is 24.3 Å². The first-order chi connectivity index (χ1) is 18.2. The number of ether oxygens (including phenoxy) is 4. The lowest BCUT2D eigenvalue weighted by atomic mass is 9.65. The number of non-ortho nitro benzene ring substituents is 1. The second kappa shape index (κ2) is 10.4. The number of sulfonamides is 1. The van der Waals surface area contributed by atoms with Gasteiger partial charge in [-0.25, -0.2) is 13.1 Å². The van der Waals surface area contributed by atoms with Crippen LogP contribution in [-0.4, -0.2) is 52.6 Å². The van der Waals surface area contributed by atoms with E-state index in [9.17, 15) is 18.5 Å². The fraction of sp³-hybridized carbons (Fsp3) is 0.481. The Hall–Kier alpha value is -2.83. The molecule has 2 aromatic carbocycles. The molecule has 1 heterocycles. The normalized spacial score (nSPS) is 26.1. The summed E-state index contributed by atoms with van der Waals surface area (Å²) in [5.74, 6) is -0.134. The van der Waals surface area contributed by atoms with Gasteiger partial charge < -0.3 is 18.9 Å². The van der Waals surface area contributed by atoms with E-state index < -0.39 is 20.7 Å². The molecule has 11 heteroatoms. The first-order valence-corrected chi connectivity index (χ1v) is 14.1. The third-order valence-corrected chi connectivity index (χ3v) is 9.52. The van der Waals surface area contributed by atoms with Crippen molar-refractivity contribution in [3.63, 3.8) is 0 Å². The summed E-state index contributed by atoms with van der Waals surface area (Å²) in [5, 5.41) is 11.0. The highest BCUT2D eigenvalue weighted by atomic mass is 32.2. The van der Waals surface area contributed by atoms with Crippen LogP contribution in [0, 0.1) is 27.4 Å². The summed E-state index contributed by atoms with van der Waals surface area (Å²) < 4.78 is 52.6. The molecule has 1 N–H and O–H groups in total. The van der Waals surface area contributed by atoms with Crippen LogP contribution in [0.15, 0.2) is 65.6 Å². The van der Waals surface area contributed by atoms with Crippen molar-refractivity contribution in [1.29, 1.82) is 0 Å². The molecule has 2 aromatic rings. The number of nitrogens with zero attached hydrogens (tertiary/aromatic N) is 1. The molecule has 38 heavy (non-hydrogen) atoms. The van der Waals surface area contributed by atoms with E-state index in [0.29, 0.717) is 39.3 Å². The van der Waals surface area contributed by atoms with Crippen molar-refractivity contribution in [2.45, 2.75) is 36.6 Å². The van der Waals surface area contributed by atoms with Crippen LogP contribution in [0.3, 0.4) is 0 Å². The molecule has 3 fully saturated rings. The highest BCUT2D eigenvalue weighted by Crippen LogP contribution is 2.62. The number of methoxy groups -OCH3 is 1. The summed E-state index contributed by atoms with van der Waals surface area (Å²) in [4.78, 5) is 10.4. The fourth-order valence-electron chi connectivity index (χ4n) is 6.12. The first-order valence-electron chi connectivity index (χ1n) is 12.6. The molecule has 0 radical (unpaired) electrons. The molecule has 1 saturated heterocycles. The molecule has 3 aliphatic rings. The SMILES string of the molecule is C=C1CC2(COCc3ccc(OC)cc3)CC1C1(CC2CNS(=O)(=O)c2ccc([N+](=O)[O-])cc2)OCCO1. The maximum Gasteiger partial charge on any atom is 0.269 e. The van der Waals surface area contributed by atoms with E-state index in [-0.39, 0.29) is 34.4 Å². The van der Waals surface area contributed by atoms with Gasteiger partial charge in [-0.2, -0.15) is 0 Å². The van der Waals surface area contributed by atoms with Crippen LogP contribution in [0.1, 0.15) is 24.8 Å². The van der Waals surface area contributed by atoms with Gasteiger partial charge in [0.2, 0.25) is 10.0 Å². The standard InChI is InChI=1S/C27H32N2O8S/c1-19-13-26(18-35-17-20-3-7-23(34-2)8-4-20)15-25(19)27(36-11-12-37-27)14-21(26)16-28-38(32,33)24-9-5-22(6-10-24)29(30)31/h3-10,21,25,28H,1,11-18H2,2H3. The van der Waals surface area contributed by atoms with Crippen LogP contribution >= 0.6 is 0 Å². The lowest BCUT2D eigenvalue weighted by Gasteiger charge is -2.47. The Morgan fingerprint density at radius 1 is 1.11 bits per heavy atom. The zero-order valence-electron chi connectivity index (χ0n) is 21.3. The summed E-state index contributed by atoms with van der Waals surface area (Å²) in [5.41, 5.74) is 1.56. The van der Waals surface area contributed by atoms with Crippen molar-refractivity contribution in [2.75, 3.05) is 33.5 Å². The molecule has 2 aliphatic carbocycles. The van der Waals surface area contributed by atoms with E-state index in [0.717, 1.165) is 23.3 Å². The number of nitro benzene ring substituents is 1. The predicted molar refractivity (Wildman–Crippen MR) is 138 cm³/mol. The maximum atomic E-state index is 13.1. The molecule has 1 aliphatic heterocycles. The molecular formula is C27H32N2O8S. The number of fused-ring (bicyclic) bond motifs is 3. The number of hydrogen-bond acceptors (Lipinski definition) is 8. The smallest absolute Gasteiger partial charge is 0.269 e. The lowest BCUT2D eigenvalue weighted by Crippen LogP contribution is -2.52. The molecule has 2 bridgehead atoms.